The van der Waals surface area contributed by atoms with Gasteiger partial charge in [-0.25, -0.2) is 9.13 Å². The van der Waals surface area contributed by atoms with Crippen LogP contribution in [0.3, 0.4) is 0 Å². The number of rotatable bonds is 61. The quantitative estimate of drug-likeness (QED) is 0.0222. The average molecular weight is 1230 g/mol. The van der Waals surface area contributed by atoms with Crippen molar-refractivity contribution in [1.29, 1.82) is 0 Å². The van der Waals surface area contributed by atoms with Crippen LogP contribution in [0.25, 0.3) is 0 Å². The Labute approximate surface area is 505 Å². The van der Waals surface area contributed by atoms with Gasteiger partial charge in [0.2, 0.25) is 0 Å². The normalized spacial score (nSPS) is 14.8. The zero-order chi connectivity index (χ0) is 61.8. The molecule has 0 aliphatic carbocycles. The molecular formula is C64H124O17P2. The Morgan fingerprint density at radius 2 is 0.578 bits per heavy atom. The Balaban J connectivity index is 5.24. The Bertz CT molecular complexity index is 1660. The highest BCUT2D eigenvalue weighted by Gasteiger charge is 2.30. The van der Waals surface area contributed by atoms with Gasteiger partial charge in [0, 0.05) is 25.7 Å². The highest BCUT2D eigenvalue weighted by Crippen LogP contribution is 2.45. The van der Waals surface area contributed by atoms with E-state index in [1.165, 1.54) is 96.3 Å². The summed E-state index contributed by atoms with van der Waals surface area (Å²) in [7, 11) is -9.89. The first-order valence-corrected chi connectivity index (χ1v) is 36.2. The second kappa shape index (κ2) is 54.2. The molecule has 0 saturated carbocycles. The lowest BCUT2D eigenvalue weighted by molar-refractivity contribution is -0.161. The van der Waals surface area contributed by atoms with E-state index >= 15 is 0 Å². The number of hydrogen-bond donors (Lipinski definition) is 3. The minimum absolute atomic E-state index is 0.102. The Morgan fingerprint density at radius 3 is 0.855 bits per heavy atom. The van der Waals surface area contributed by atoms with Crippen LogP contribution in [0.1, 0.15) is 306 Å². The molecule has 3 N–H and O–H groups in total. The summed E-state index contributed by atoms with van der Waals surface area (Å²) >= 11 is 0. The third kappa shape index (κ3) is 57.6. The number of unbranched alkanes of at least 4 members (excludes halogenated alkanes) is 26. The van der Waals surface area contributed by atoms with Crippen LogP contribution in [0.15, 0.2) is 0 Å². The molecule has 83 heavy (non-hydrogen) atoms. The summed E-state index contributed by atoms with van der Waals surface area (Å²) in [5, 5.41) is 10.5. The van der Waals surface area contributed by atoms with Gasteiger partial charge in [0.15, 0.2) is 12.2 Å². The van der Waals surface area contributed by atoms with Gasteiger partial charge in [0.05, 0.1) is 26.4 Å². The summed E-state index contributed by atoms with van der Waals surface area (Å²) in [5.41, 5.74) is 0. The van der Waals surface area contributed by atoms with Crippen LogP contribution in [0.2, 0.25) is 0 Å². The van der Waals surface area contributed by atoms with Crippen LogP contribution in [0.4, 0.5) is 0 Å². The summed E-state index contributed by atoms with van der Waals surface area (Å²) in [5.74, 6) is 0.741. The second-order valence-corrected chi connectivity index (χ2v) is 27.7. The number of aliphatic hydroxyl groups is 1. The van der Waals surface area contributed by atoms with Gasteiger partial charge < -0.3 is 33.8 Å². The number of hydrogen-bond acceptors (Lipinski definition) is 15. The molecule has 0 fully saturated rings. The van der Waals surface area contributed by atoms with E-state index in [0.717, 1.165) is 109 Å². The lowest BCUT2D eigenvalue weighted by Crippen LogP contribution is -2.30. The molecule has 0 saturated heterocycles. The van der Waals surface area contributed by atoms with Crippen molar-refractivity contribution in [2.45, 2.75) is 324 Å². The molecule has 0 radical (unpaired) electrons. The predicted molar refractivity (Wildman–Crippen MR) is 331 cm³/mol. The van der Waals surface area contributed by atoms with Crippen molar-refractivity contribution in [3.8, 4) is 0 Å². The fourth-order valence-electron chi connectivity index (χ4n) is 9.40. The minimum atomic E-state index is -4.95. The summed E-state index contributed by atoms with van der Waals surface area (Å²) in [4.78, 5) is 72.2. The maximum absolute atomic E-state index is 13.0. The summed E-state index contributed by atoms with van der Waals surface area (Å²) in [6.45, 7) is 13.9. The van der Waals surface area contributed by atoms with Crippen molar-refractivity contribution < 1.29 is 80.2 Å². The van der Waals surface area contributed by atoms with E-state index in [2.05, 4.69) is 55.4 Å². The van der Waals surface area contributed by atoms with Gasteiger partial charge in [-0.2, -0.15) is 0 Å². The van der Waals surface area contributed by atoms with E-state index < -0.39 is 97.5 Å². The monoisotopic (exact) mass is 1230 g/mol. The van der Waals surface area contributed by atoms with E-state index in [0.29, 0.717) is 43.4 Å². The van der Waals surface area contributed by atoms with E-state index in [1.807, 2.05) is 0 Å². The molecule has 6 atom stereocenters. The number of esters is 4. The van der Waals surface area contributed by atoms with Gasteiger partial charge in [-0.15, -0.1) is 0 Å². The summed E-state index contributed by atoms with van der Waals surface area (Å²) < 4.78 is 67.9. The molecule has 0 heterocycles. The number of phosphoric ester groups is 2. The fourth-order valence-corrected chi connectivity index (χ4v) is 11.0. The Hall–Kier alpha value is -1.94. The van der Waals surface area contributed by atoms with Crippen LogP contribution < -0.4 is 0 Å². The van der Waals surface area contributed by atoms with Crippen molar-refractivity contribution in [3.63, 3.8) is 0 Å². The standard InChI is InChI=1S/C64H124O17P2/c1-9-57(8)43-35-27-18-12-10-11-13-19-30-38-46-63(68)80-60(51-75-62(67)45-37-29-23-22-26-34-42-56(6)7)53-79-83(72,73)77-49-58(65)48-76-82(70,71)78-52-59(81-64(69)47-39-31-21-15-17-25-33-41-55(4)5)50-74-61(66)44-36-28-20-14-16-24-32-40-54(2)3/h54-60,65H,9-53H2,1-8H3,(H,70,71)(H,72,73)/t57?,58?,59-,60-/m1/s1. The van der Waals surface area contributed by atoms with Crippen molar-refractivity contribution in [3.05, 3.63) is 0 Å². The smallest absolute Gasteiger partial charge is 0.462 e. The molecule has 0 spiro atoms. The van der Waals surface area contributed by atoms with Crippen LogP contribution >= 0.6 is 15.6 Å². The molecule has 19 heteroatoms. The van der Waals surface area contributed by atoms with Gasteiger partial charge >= 0.3 is 39.5 Å². The van der Waals surface area contributed by atoms with Crippen LogP contribution in [0, 0.1) is 23.7 Å². The first-order chi connectivity index (χ1) is 39.6. The molecule has 0 aliphatic heterocycles. The van der Waals surface area contributed by atoms with Gasteiger partial charge in [-0.05, 0) is 49.4 Å². The van der Waals surface area contributed by atoms with Crippen molar-refractivity contribution in [2.24, 2.45) is 23.7 Å². The zero-order valence-corrected chi connectivity index (χ0v) is 55.6. The maximum Gasteiger partial charge on any atom is 0.472 e. The number of carbonyl (C=O) groups is 4. The number of carbonyl (C=O) groups excluding carboxylic acids is 4. The molecule has 492 valence electrons. The molecule has 17 nitrogen and oxygen atoms in total. The third-order valence-electron chi connectivity index (χ3n) is 14.9. The lowest BCUT2D eigenvalue weighted by Gasteiger charge is -2.21. The van der Waals surface area contributed by atoms with Gasteiger partial charge in [-0.3, -0.25) is 37.3 Å². The first kappa shape index (κ1) is 81.1. The maximum atomic E-state index is 13.0. The molecule has 4 unspecified atom stereocenters. The van der Waals surface area contributed by atoms with Crippen LogP contribution in [0.5, 0.6) is 0 Å². The van der Waals surface area contributed by atoms with E-state index in [4.69, 9.17) is 37.0 Å². The topological polar surface area (TPSA) is 237 Å². The first-order valence-electron chi connectivity index (χ1n) is 33.2. The Kier molecular flexibility index (Phi) is 53.0. The predicted octanol–water partition coefficient (Wildman–Crippen LogP) is 17.4. The van der Waals surface area contributed by atoms with E-state index in [-0.39, 0.29) is 25.7 Å². The average Bonchev–Trinajstić information content (AvgIpc) is 3.43. The molecule has 0 aliphatic rings. The van der Waals surface area contributed by atoms with Crippen molar-refractivity contribution in [2.75, 3.05) is 39.6 Å². The largest absolute Gasteiger partial charge is 0.472 e. The number of phosphoric acid groups is 2. The number of ether oxygens (including phenoxy) is 4. The zero-order valence-electron chi connectivity index (χ0n) is 53.8. The van der Waals surface area contributed by atoms with E-state index in [9.17, 15) is 43.2 Å². The van der Waals surface area contributed by atoms with Gasteiger partial charge in [0.1, 0.15) is 19.3 Å². The van der Waals surface area contributed by atoms with Crippen molar-refractivity contribution in [1.82, 2.24) is 0 Å². The third-order valence-corrected chi connectivity index (χ3v) is 16.8. The highest BCUT2D eigenvalue weighted by atomic mass is 31.2. The van der Waals surface area contributed by atoms with E-state index in [1.54, 1.807) is 0 Å². The molecule has 0 aromatic carbocycles. The molecule has 0 rings (SSSR count). The fraction of sp³-hybridized carbons (Fsp3) is 0.938. The molecular weight excluding hydrogens is 1100 g/mol. The number of aliphatic hydroxyl groups excluding tert-OH is 1. The minimum Gasteiger partial charge on any atom is -0.462 e. The molecule has 0 bridgehead atoms. The molecule has 0 aromatic rings. The SMILES string of the molecule is CCC(C)CCCCCCCCCCCCC(=O)O[C@H](COC(=O)CCCCCCCCC(C)C)COP(=O)(O)OCC(O)COP(=O)(O)OC[C@@H](COC(=O)CCCCCCCCCC(C)C)OC(=O)CCCCCCCCCC(C)C. The summed E-state index contributed by atoms with van der Waals surface area (Å²) in [6.07, 6.45) is 33.7. The van der Waals surface area contributed by atoms with Crippen molar-refractivity contribution >= 4 is 39.5 Å². The second-order valence-electron chi connectivity index (χ2n) is 24.8. The Morgan fingerprint density at radius 1 is 0.337 bits per heavy atom. The lowest BCUT2D eigenvalue weighted by atomic mass is 9.99. The van der Waals surface area contributed by atoms with Gasteiger partial charge in [-0.1, -0.05) is 254 Å². The van der Waals surface area contributed by atoms with Crippen LogP contribution in [-0.4, -0.2) is 96.7 Å². The van der Waals surface area contributed by atoms with Gasteiger partial charge in [0.25, 0.3) is 0 Å². The molecule has 0 amide bonds. The summed E-state index contributed by atoms with van der Waals surface area (Å²) in [6, 6.07) is 0. The highest BCUT2D eigenvalue weighted by molar-refractivity contribution is 7.47. The molecule has 0 aromatic heterocycles. The van der Waals surface area contributed by atoms with Crippen LogP contribution in [-0.2, 0) is 65.4 Å².